The van der Waals surface area contributed by atoms with Crippen LogP contribution in [0, 0.1) is 6.92 Å². The first-order valence-electron chi connectivity index (χ1n) is 10.2. The number of aryl methyl sites for hydroxylation is 1. The fourth-order valence-corrected chi connectivity index (χ4v) is 3.90. The number of carbonyl (C=O) groups is 1. The molecule has 3 rings (SSSR count). The zero-order chi connectivity index (χ0) is 21.9. The largest absolute Gasteiger partial charge is 0.497 e. The van der Waals surface area contributed by atoms with Gasteiger partial charge in [-0.3, -0.25) is 4.79 Å². The molecular formula is C24H31N3O3. The molecule has 1 heterocycles. The van der Waals surface area contributed by atoms with E-state index in [0.717, 1.165) is 23.3 Å². The van der Waals surface area contributed by atoms with Crippen LogP contribution in [-0.4, -0.2) is 38.4 Å². The van der Waals surface area contributed by atoms with E-state index in [1.54, 1.807) is 37.6 Å². The summed E-state index contributed by atoms with van der Waals surface area (Å²) in [5.41, 5.74) is 7.38. The van der Waals surface area contributed by atoms with E-state index in [4.69, 9.17) is 9.47 Å². The number of ether oxygens (including phenoxy) is 2. The summed E-state index contributed by atoms with van der Waals surface area (Å²) in [5, 5.41) is 4.13. The van der Waals surface area contributed by atoms with Crippen molar-refractivity contribution in [2.24, 2.45) is 5.10 Å². The van der Waals surface area contributed by atoms with Crippen LogP contribution in [0.4, 0.5) is 5.69 Å². The third kappa shape index (κ3) is 4.75. The molecule has 160 valence electrons. The van der Waals surface area contributed by atoms with Crippen LogP contribution in [0.5, 0.6) is 11.5 Å². The van der Waals surface area contributed by atoms with Crippen LogP contribution in [0.3, 0.4) is 0 Å². The number of hydrazone groups is 1. The average Bonchev–Trinajstić information content (AvgIpc) is 2.71. The number of fused-ring (bicyclic) bond motifs is 1. The fraction of sp³-hybridized carbons (Fsp3) is 0.417. The van der Waals surface area contributed by atoms with Crippen molar-refractivity contribution in [3.63, 3.8) is 0 Å². The van der Waals surface area contributed by atoms with Crippen LogP contribution in [0.15, 0.2) is 41.5 Å². The van der Waals surface area contributed by atoms with E-state index in [-0.39, 0.29) is 18.1 Å². The van der Waals surface area contributed by atoms with Crippen molar-refractivity contribution >= 4 is 17.8 Å². The maximum atomic E-state index is 12.0. The Morgan fingerprint density at radius 1 is 1.27 bits per heavy atom. The fourth-order valence-electron chi connectivity index (χ4n) is 3.90. The molecule has 0 radical (unpaired) electrons. The molecule has 0 spiro atoms. The minimum atomic E-state index is -0.312. The summed E-state index contributed by atoms with van der Waals surface area (Å²) in [7, 11) is 3.76. The lowest BCUT2D eigenvalue weighted by Gasteiger charge is -2.45. The van der Waals surface area contributed by atoms with Gasteiger partial charge in [-0.2, -0.15) is 5.10 Å². The minimum Gasteiger partial charge on any atom is -0.497 e. The molecule has 1 aliphatic heterocycles. The summed E-state index contributed by atoms with van der Waals surface area (Å²) >= 11 is 0. The van der Waals surface area contributed by atoms with Gasteiger partial charge in [-0.15, -0.1) is 0 Å². The number of methoxy groups -OCH3 is 1. The Hall–Kier alpha value is -3.02. The molecule has 6 nitrogen and oxygen atoms in total. The zero-order valence-corrected chi connectivity index (χ0v) is 18.7. The van der Waals surface area contributed by atoms with Crippen molar-refractivity contribution < 1.29 is 14.3 Å². The molecule has 30 heavy (non-hydrogen) atoms. The predicted molar refractivity (Wildman–Crippen MR) is 121 cm³/mol. The standard InChI is InChI=1S/C24H31N3O3/c1-16-11-22-21(17(2)13-24(3,4)27(22)5)12-18(16)14-25-26-23(28)15-30-20-9-7-19(29-6)8-10-20/h7-12,14,17H,13,15H2,1-6H3,(H,26,28)/b25-14+/t17-/m0/s1. The lowest BCUT2D eigenvalue weighted by atomic mass is 9.79. The number of nitrogens with one attached hydrogen (secondary N) is 1. The van der Waals surface area contributed by atoms with Gasteiger partial charge in [-0.1, -0.05) is 6.92 Å². The average molecular weight is 410 g/mol. The zero-order valence-electron chi connectivity index (χ0n) is 18.7. The Bertz CT molecular complexity index is 935. The van der Waals surface area contributed by atoms with E-state index < -0.39 is 0 Å². The first-order chi connectivity index (χ1) is 14.2. The van der Waals surface area contributed by atoms with Crippen molar-refractivity contribution in [3.8, 4) is 11.5 Å². The van der Waals surface area contributed by atoms with Gasteiger partial charge < -0.3 is 14.4 Å². The monoisotopic (exact) mass is 409 g/mol. The molecule has 2 aromatic rings. The summed E-state index contributed by atoms with van der Waals surface area (Å²) in [5.74, 6) is 1.49. The van der Waals surface area contributed by atoms with Gasteiger partial charge in [0, 0.05) is 18.3 Å². The Kier molecular flexibility index (Phi) is 6.34. The molecule has 1 N–H and O–H groups in total. The van der Waals surface area contributed by atoms with Gasteiger partial charge in [0.05, 0.1) is 13.3 Å². The van der Waals surface area contributed by atoms with Crippen molar-refractivity contribution in [1.29, 1.82) is 0 Å². The molecule has 1 amide bonds. The molecule has 0 bridgehead atoms. The SMILES string of the molecule is COc1ccc(OCC(=O)N/N=C/c2cc3c(cc2C)N(C)C(C)(C)C[C@@H]3C)cc1. The van der Waals surface area contributed by atoms with E-state index >= 15 is 0 Å². The highest BCUT2D eigenvalue weighted by atomic mass is 16.5. The van der Waals surface area contributed by atoms with E-state index in [2.05, 4.69) is 62.3 Å². The van der Waals surface area contributed by atoms with Gasteiger partial charge in [0.1, 0.15) is 11.5 Å². The topological polar surface area (TPSA) is 63.2 Å². The van der Waals surface area contributed by atoms with E-state index in [0.29, 0.717) is 11.7 Å². The van der Waals surface area contributed by atoms with Crippen LogP contribution in [0.1, 0.15) is 49.8 Å². The predicted octanol–water partition coefficient (Wildman–Crippen LogP) is 4.25. The van der Waals surface area contributed by atoms with E-state index in [1.165, 1.54) is 11.3 Å². The van der Waals surface area contributed by atoms with Crippen molar-refractivity contribution in [2.75, 3.05) is 25.7 Å². The lowest BCUT2D eigenvalue weighted by Crippen LogP contribution is -2.45. The molecule has 0 saturated heterocycles. The maximum Gasteiger partial charge on any atom is 0.277 e. The van der Waals surface area contributed by atoms with Gasteiger partial charge in [0.25, 0.3) is 5.91 Å². The number of carbonyl (C=O) groups excluding carboxylic acids is 1. The number of hydrogen-bond donors (Lipinski definition) is 1. The highest BCUT2D eigenvalue weighted by Crippen LogP contribution is 2.43. The highest BCUT2D eigenvalue weighted by molar-refractivity contribution is 5.86. The first kappa shape index (κ1) is 21.7. The highest BCUT2D eigenvalue weighted by Gasteiger charge is 2.34. The van der Waals surface area contributed by atoms with Gasteiger partial charge in [-0.05, 0) is 86.2 Å². The van der Waals surface area contributed by atoms with Crippen molar-refractivity contribution in [1.82, 2.24) is 5.43 Å². The van der Waals surface area contributed by atoms with E-state index in [9.17, 15) is 4.79 Å². The molecule has 1 aliphatic rings. The molecule has 0 saturated carbocycles. The van der Waals surface area contributed by atoms with E-state index in [1.807, 2.05) is 0 Å². The molecule has 6 heteroatoms. The number of nitrogens with zero attached hydrogens (tertiary/aromatic N) is 2. The number of anilines is 1. The van der Waals surface area contributed by atoms with Crippen LogP contribution < -0.4 is 19.8 Å². The Morgan fingerprint density at radius 3 is 2.60 bits per heavy atom. The second kappa shape index (κ2) is 8.78. The van der Waals surface area contributed by atoms with Gasteiger partial charge in [-0.25, -0.2) is 5.43 Å². The molecule has 1 atom stereocenters. The van der Waals surface area contributed by atoms with Gasteiger partial charge in [0.15, 0.2) is 6.61 Å². The molecule has 0 aliphatic carbocycles. The van der Waals surface area contributed by atoms with Crippen LogP contribution in [0.2, 0.25) is 0 Å². The number of hydrogen-bond acceptors (Lipinski definition) is 5. The molecular weight excluding hydrogens is 378 g/mol. The lowest BCUT2D eigenvalue weighted by molar-refractivity contribution is -0.123. The Balaban J connectivity index is 1.62. The van der Waals surface area contributed by atoms with Gasteiger partial charge in [0.2, 0.25) is 0 Å². The normalized spacial score (nSPS) is 17.5. The molecule has 0 aromatic heterocycles. The molecule has 2 aromatic carbocycles. The van der Waals surface area contributed by atoms with Crippen molar-refractivity contribution in [3.05, 3.63) is 53.1 Å². The summed E-state index contributed by atoms with van der Waals surface area (Å²) in [6.45, 7) is 8.78. The molecule has 0 unspecified atom stereocenters. The van der Waals surface area contributed by atoms with Crippen LogP contribution in [-0.2, 0) is 4.79 Å². The second-order valence-corrected chi connectivity index (χ2v) is 8.50. The third-order valence-corrected chi connectivity index (χ3v) is 5.84. The van der Waals surface area contributed by atoms with Crippen molar-refractivity contribution in [2.45, 2.75) is 45.6 Å². The quantitative estimate of drug-likeness (QED) is 0.572. The second-order valence-electron chi connectivity index (χ2n) is 8.50. The Labute approximate surface area is 178 Å². The number of benzene rings is 2. The summed E-state index contributed by atoms with van der Waals surface area (Å²) < 4.78 is 10.6. The van der Waals surface area contributed by atoms with Gasteiger partial charge >= 0.3 is 0 Å². The summed E-state index contributed by atoms with van der Waals surface area (Å²) in [6.07, 6.45) is 2.79. The molecule has 0 fully saturated rings. The van der Waals surface area contributed by atoms with Crippen LogP contribution in [0.25, 0.3) is 0 Å². The smallest absolute Gasteiger partial charge is 0.277 e. The maximum absolute atomic E-state index is 12.0. The first-order valence-corrected chi connectivity index (χ1v) is 10.2. The van der Waals surface area contributed by atoms with Crippen LogP contribution >= 0.6 is 0 Å². The minimum absolute atomic E-state index is 0.107. The summed E-state index contributed by atoms with van der Waals surface area (Å²) in [4.78, 5) is 14.4. The Morgan fingerprint density at radius 2 is 1.93 bits per heavy atom. The third-order valence-electron chi connectivity index (χ3n) is 5.84. The number of amides is 1. The summed E-state index contributed by atoms with van der Waals surface area (Å²) in [6, 6.07) is 11.5. The number of rotatable bonds is 6.